The van der Waals surface area contributed by atoms with Gasteiger partial charge in [-0.25, -0.2) is 0 Å². The lowest BCUT2D eigenvalue weighted by Gasteiger charge is -2.57. The summed E-state index contributed by atoms with van der Waals surface area (Å²) < 4.78 is 13.3. The van der Waals surface area contributed by atoms with Crippen molar-refractivity contribution in [3.8, 4) is 0 Å². The second kappa shape index (κ2) is 6.76. The van der Waals surface area contributed by atoms with Gasteiger partial charge in [0.25, 0.3) is 0 Å². The lowest BCUT2D eigenvalue weighted by atomic mass is 9.46. The first-order valence-corrected chi connectivity index (χ1v) is 12.8. The Balaban J connectivity index is 1.30. The van der Waals surface area contributed by atoms with Crippen LogP contribution in [0.3, 0.4) is 0 Å². The maximum atomic E-state index is 12.5. The summed E-state index contributed by atoms with van der Waals surface area (Å²) in [4.78, 5) is 24.6. The first-order chi connectivity index (χ1) is 14.8. The molecule has 3 saturated carbocycles. The van der Waals surface area contributed by atoms with Gasteiger partial charge in [-0.2, -0.15) is 0 Å². The maximum absolute atomic E-state index is 12.5. The fraction of sp³-hybridized carbons (Fsp3) is 0.852. The second-order valence-electron chi connectivity index (χ2n) is 12.2. The highest BCUT2D eigenvalue weighted by Crippen LogP contribution is 2.70. The molecule has 31 heavy (non-hydrogen) atoms. The normalized spacial score (nSPS) is 55.8. The van der Waals surface area contributed by atoms with Crippen molar-refractivity contribution in [3.63, 3.8) is 0 Å². The van der Waals surface area contributed by atoms with Crippen LogP contribution in [-0.2, 0) is 19.1 Å². The molecule has 0 amide bonds. The monoisotopic (exact) mass is 426 g/mol. The van der Waals surface area contributed by atoms with Gasteiger partial charge in [0.2, 0.25) is 0 Å². The Hall–Kier alpha value is -1.00. The largest absolute Gasteiger partial charge is 0.349 e. The van der Waals surface area contributed by atoms with Crippen LogP contribution in [0, 0.1) is 46.3 Å². The van der Waals surface area contributed by atoms with E-state index >= 15 is 0 Å². The summed E-state index contributed by atoms with van der Waals surface area (Å²) in [5, 5.41) is 0. The predicted molar refractivity (Wildman–Crippen MR) is 117 cm³/mol. The summed E-state index contributed by atoms with van der Waals surface area (Å²) in [5.74, 6) is 3.10. The van der Waals surface area contributed by atoms with Crippen LogP contribution in [0.4, 0.5) is 0 Å². The van der Waals surface area contributed by atoms with Crippen LogP contribution in [0.25, 0.3) is 0 Å². The maximum Gasteiger partial charge on any atom is 0.171 e. The molecule has 0 aromatic rings. The number of rotatable bonds is 1. The molecular weight excluding hydrogens is 388 g/mol. The van der Waals surface area contributed by atoms with Gasteiger partial charge >= 0.3 is 0 Å². The Kier molecular flexibility index (Phi) is 4.49. The third-order valence-electron chi connectivity index (χ3n) is 11.0. The molecule has 5 fully saturated rings. The van der Waals surface area contributed by atoms with E-state index in [1.54, 1.807) is 0 Å². The Bertz CT molecular complexity index is 823. The lowest BCUT2D eigenvalue weighted by molar-refractivity contribution is -0.272. The van der Waals surface area contributed by atoms with Crippen molar-refractivity contribution in [1.29, 1.82) is 0 Å². The molecule has 4 nitrogen and oxygen atoms in total. The van der Waals surface area contributed by atoms with Crippen LogP contribution in [0.5, 0.6) is 0 Å². The van der Waals surface area contributed by atoms with E-state index in [0.29, 0.717) is 48.0 Å². The van der Waals surface area contributed by atoms with Gasteiger partial charge < -0.3 is 14.3 Å². The van der Waals surface area contributed by atoms with Crippen LogP contribution in [0.2, 0.25) is 0 Å². The van der Waals surface area contributed by atoms with Crippen molar-refractivity contribution < 1.29 is 19.1 Å². The summed E-state index contributed by atoms with van der Waals surface area (Å²) in [6.07, 6.45) is 12.4. The van der Waals surface area contributed by atoms with Crippen molar-refractivity contribution in [3.05, 3.63) is 11.6 Å². The summed E-state index contributed by atoms with van der Waals surface area (Å²) in [7, 11) is 0. The van der Waals surface area contributed by atoms with Crippen molar-refractivity contribution in [2.75, 3.05) is 6.61 Å². The Morgan fingerprint density at radius 1 is 1.06 bits per heavy atom. The summed E-state index contributed by atoms with van der Waals surface area (Å²) >= 11 is 0. The molecule has 2 saturated heterocycles. The SMILES string of the molecule is C[C@@H]1CC[C@@]2(OC1)O[C@H]1C[C@H]3[C@@H]4CCC5=CC(=O)CC[C@]5(C=O)[C@H]4CC[C@]3(C)[C@H]1[C@@H]2C. The smallest absolute Gasteiger partial charge is 0.171 e. The molecule has 4 aliphatic carbocycles. The van der Waals surface area contributed by atoms with Gasteiger partial charge in [0.15, 0.2) is 11.6 Å². The van der Waals surface area contributed by atoms with Crippen molar-refractivity contribution in [1.82, 2.24) is 0 Å². The topological polar surface area (TPSA) is 52.6 Å². The van der Waals surface area contributed by atoms with Crippen LogP contribution < -0.4 is 0 Å². The first-order valence-electron chi connectivity index (χ1n) is 12.8. The van der Waals surface area contributed by atoms with Crippen LogP contribution >= 0.6 is 0 Å². The predicted octanol–water partition coefficient (Wildman–Crippen LogP) is 5.10. The third-order valence-corrected chi connectivity index (χ3v) is 11.0. The molecule has 0 N–H and O–H groups in total. The van der Waals surface area contributed by atoms with E-state index in [1.165, 1.54) is 19.1 Å². The number of hydrogen-bond acceptors (Lipinski definition) is 4. The minimum atomic E-state index is -0.369. The van der Waals surface area contributed by atoms with Crippen molar-refractivity contribution >= 4 is 12.1 Å². The molecule has 0 aromatic heterocycles. The van der Waals surface area contributed by atoms with E-state index in [2.05, 4.69) is 20.8 Å². The number of carbonyl (C=O) groups is 2. The molecule has 6 rings (SSSR count). The van der Waals surface area contributed by atoms with E-state index in [9.17, 15) is 9.59 Å². The second-order valence-corrected chi connectivity index (χ2v) is 12.2. The molecule has 10 atom stereocenters. The molecule has 0 unspecified atom stereocenters. The van der Waals surface area contributed by atoms with E-state index in [4.69, 9.17) is 9.47 Å². The van der Waals surface area contributed by atoms with Gasteiger partial charge in [-0.3, -0.25) is 4.79 Å². The molecule has 6 aliphatic rings. The van der Waals surface area contributed by atoms with E-state index < -0.39 is 0 Å². The number of carbonyl (C=O) groups excluding carboxylic acids is 2. The molecular formula is C27H38O4. The molecule has 170 valence electrons. The average Bonchev–Trinajstić information content (AvgIpc) is 3.20. The van der Waals surface area contributed by atoms with Crippen molar-refractivity contribution in [2.24, 2.45) is 46.3 Å². The highest BCUT2D eigenvalue weighted by Gasteiger charge is 2.69. The molecule has 2 heterocycles. The highest BCUT2D eigenvalue weighted by atomic mass is 16.7. The Morgan fingerprint density at radius 2 is 1.90 bits per heavy atom. The lowest BCUT2D eigenvalue weighted by Crippen LogP contribution is -2.53. The summed E-state index contributed by atoms with van der Waals surface area (Å²) in [6.45, 7) is 8.03. The summed E-state index contributed by atoms with van der Waals surface area (Å²) in [6, 6.07) is 0. The van der Waals surface area contributed by atoms with E-state index in [-0.39, 0.29) is 22.4 Å². The van der Waals surface area contributed by atoms with Crippen LogP contribution in [-0.4, -0.2) is 30.6 Å². The standard InChI is InChI=1S/C27H38O4/c1-16-6-11-27(30-14-16)17(2)24-23(31-27)13-22-20-5-4-18-12-19(29)7-10-26(18,15-28)21(20)8-9-25(22,24)3/h12,15-17,20-24H,4-11,13-14H2,1-3H3/t16-,17+,20-,21+,22+,23+,24+,25+,26-,27-/m1/s1. The highest BCUT2D eigenvalue weighted by molar-refractivity contribution is 5.93. The van der Waals surface area contributed by atoms with Gasteiger partial charge in [0.05, 0.1) is 18.1 Å². The zero-order chi connectivity index (χ0) is 21.6. The number of allylic oxidation sites excluding steroid dienone is 1. The minimum Gasteiger partial charge on any atom is -0.349 e. The molecule has 1 spiro atoms. The van der Waals surface area contributed by atoms with Crippen LogP contribution in [0.1, 0.15) is 78.6 Å². The van der Waals surface area contributed by atoms with Crippen LogP contribution in [0.15, 0.2) is 11.6 Å². The first kappa shape index (κ1) is 20.6. The van der Waals surface area contributed by atoms with Crippen molar-refractivity contribution in [2.45, 2.75) is 90.4 Å². The van der Waals surface area contributed by atoms with Gasteiger partial charge in [0, 0.05) is 18.8 Å². The van der Waals surface area contributed by atoms with Gasteiger partial charge in [-0.1, -0.05) is 26.3 Å². The molecule has 0 radical (unpaired) electrons. The van der Waals surface area contributed by atoms with E-state index in [1.807, 2.05) is 6.08 Å². The number of ether oxygens (including phenoxy) is 2. The Morgan fingerprint density at radius 3 is 2.65 bits per heavy atom. The number of aldehydes is 1. The van der Waals surface area contributed by atoms with Gasteiger partial charge in [0.1, 0.15) is 6.29 Å². The Labute approximate surface area is 186 Å². The molecule has 0 aromatic carbocycles. The molecule has 4 heteroatoms. The van der Waals surface area contributed by atoms with E-state index in [0.717, 1.165) is 50.7 Å². The number of hydrogen-bond donors (Lipinski definition) is 0. The average molecular weight is 427 g/mol. The minimum absolute atomic E-state index is 0.219. The number of fused-ring (bicyclic) bond motifs is 7. The molecule has 0 bridgehead atoms. The van der Waals surface area contributed by atoms with Gasteiger partial charge in [-0.05, 0) is 86.0 Å². The fourth-order valence-electron chi connectivity index (χ4n) is 9.51. The quantitative estimate of drug-likeness (QED) is 0.547. The molecule has 2 aliphatic heterocycles. The zero-order valence-electron chi connectivity index (χ0n) is 19.4. The third kappa shape index (κ3) is 2.61. The summed E-state index contributed by atoms with van der Waals surface area (Å²) in [5.41, 5.74) is 1.05. The van der Waals surface area contributed by atoms with Gasteiger partial charge in [-0.15, -0.1) is 0 Å². The fourth-order valence-corrected chi connectivity index (χ4v) is 9.51. The zero-order valence-corrected chi connectivity index (χ0v) is 19.4. The number of ketones is 1.